The Labute approximate surface area is 115 Å². The van der Waals surface area contributed by atoms with Crippen LogP contribution >= 0.6 is 0 Å². The van der Waals surface area contributed by atoms with Crippen molar-refractivity contribution in [3.05, 3.63) is 0 Å². The fraction of sp³-hybridized carbons (Fsp3) is 0.923. The molecule has 6 heteroatoms. The number of amides is 2. The molecule has 2 fully saturated rings. The predicted molar refractivity (Wildman–Crippen MR) is 74.8 cm³/mol. The van der Waals surface area contributed by atoms with Gasteiger partial charge in [-0.1, -0.05) is 6.42 Å². The smallest absolute Gasteiger partial charge is 0.317 e. The molecule has 0 spiro atoms. The molecule has 0 aromatic rings. The molecular weight excluding hydrogens is 264 g/mol. The van der Waals surface area contributed by atoms with Gasteiger partial charge in [0.2, 0.25) is 0 Å². The fourth-order valence-electron chi connectivity index (χ4n) is 3.50. The van der Waals surface area contributed by atoms with Crippen molar-refractivity contribution < 1.29 is 13.2 Å². The Hall–Kier alpha value is -0.780. The van der Waals surface area contributed by atoms with E-state index in [-0.39, 0.29) is 17.8 Å². The van der Waals surface area contributed by atoms with E-state index in [2.05, 4.69) is 5.32 Å². The summed E-state index contributed by atoms with van der Waals surface area (Å²) in [6.07, 6.45) is 7.02. The minimum Gasteiger partial charge on any atom is -0.335 e. The van der Waals surface area contributed by atoms with Crippen molar-refractivity contribution in [1.82, 2.24) is 10.2 Å². The Balaban J connectivity index is 1.92. The molecule has 5 nitrogen and oxygen atoms in total. The Morgan fingerprint density at radius 3 is 2.68 bits per heavy atom. The van der Waals surface area contributed by atoms with Crippen molar-refractivity contribution in [1.29, 1.82) is 0 Å². The van der Waals surface area contributed by atoms with Crippen LogP contribution in [0.3, 0.4) is 0 Å². The van der Waals surface area contributed by atoms with Crippen molar-refractivity contribution in [3.63, 3.8) is 0 Å². The predicted octanol–water partition coefficient (Wildman–Crippen LogP) is 1.39. The lowest BCUT2D eigenvalue weighted by molar-refractivity contribution is 0.127. The molecule has 0 unspecified atom stereocenters. The minimum absolute atomic E-state index is 0.000670. The number of piperidine rings is 1. The Kier molecular flexibility index (Phi) is 4.38. The molecule has 2 aliphatic rings. The minimum atomic E-state index is -3.05. The van der Waals surface area contributed by atoms with E-state index in [9.17, 15) is 13.2 Å². The Morgan fingerprint density at radius 2 is 2.00 bits per heavy atom. The molecule has 19 heavy (non-hydrogen) atoms. The summed E-state index contributed by atoms with van der Waals surface area (Å²) in [6.45, 7) is 2.55. The lowest BCUT2D eigenvalue weighted by atomic mass is 9.92. The van der Waals surface area contributed by atoms with Gasteiger partial charge in [0.15, 0.2) is 0 Å². The zero-order chi connectivity index (χ0) is 14.0. The lowest BCUT2D eigenvalue weighted by Gasteiger charge is -2.38. The summed E-state index contributed by atoms with van der Waals surface area (Å²) < 4.78 is 22.4. The first-order valence-electron chi connectivity index (χ1n) is 7.11. The summed E-state index contributed by atoms with van der Waals surface area (Å²) in [5.41, 5.74) is 0. The third-order valence-corrected chi connectivity index (χ3v) is 5.28. The number of fused-ring (bicyclic) bond motifs is 1. The zero-order valence-electron chi connectivity index (χ0n) is 11.8. The van der Waals surface area contributed by atoms with Gasteiger partial charge >= 0.3 is 6.03 Å². The first-order chi connectivity index (χ1) is 8.87. The first-order valence-corrected chi connectivity index (χ1v) is 9.18. The molecule has 1 saturated carbocycles. The number of nitrogens with zero attached hydrogens (tertiary/aromatic N) is 1. The maximum Gasteiger partial charge on any atom is 0.317 e. The quantitative estimate of drug-likeness (QED) is 0.853. The van der Waals surface area contributed by atoms with Gasteiger partial charge in [0.25, 0.3) is 0 Å². The van der Waals surface area contributed by atoms with E-state index in [1.807, 2.05) is 4.90 Å². The van der Waals surface area contributed by atoms with Gasteiger partial charge in [-0.3, -0.25) is 0 Å². The molecule has 1 aliphatic heterocycles. The SMILES string of the molecule is C[C@H](CS(C)(=O)=O)NC(=O)N1CCC[C@H]2CCC[C@@H]21. The summed E-state index contributed by atoms with van der Waals surface area (Å²) in [7, 11) is -3.05. The van der Waals surface area contributed by atoms with Crippen LogP contribution in [0.2, 0.25) is 0 Å². The summed E-state index contributed by atoms with van der Waals surface area (Å²) in [5.74, 6) is 0.658. The van der Waals surface area contributed by atoms with Crippen LogP contribution < -0.4 is 5.32 Å². The van der Waals surface area contributed by atoms with Gasteiger partial charge in [0, 0.05) is 24.9 Å². The second-order valence-corrected chi connectivity index (χ2v) is 8.22. The normalized spacial score (nSPS) is 28.8. The number of urea groups is 1. The number of carbonyl (C=O) groups excluding carboxylic acids is 1. The molecule has 0 aromatic heterocycles. The van der Waals surface area contributed by atoms with Crippen LogP contribution in [0.4, 0.5) is 4.79 Å². The van der Waals surface area contributed by atoms with E-state index < -0.39 is 9.84 Å². The summed E-state index contributed by atoms with van der Waals surface area (Å²) in [5, 5.41) is 2.83. The molecule has 1 aliphatic carbocycles. The molecule has 2 amide bonds. The molecule has 3 atom stereocenters. The summed E-state index contributed by atoms with van der Waals surface area (Å²) in [4.78, 5) is 14.2. The number of hydrogen-bond acceptors (Lipinski definition) is 3. The molecule has 2 rings (SSSR count). The lowest BCUT2D eigenvalue weighted by Crippen LogP contribution is -2.53. The van der Waals surface area contributed by atoms with Crippen LogP contribution in [-0.4, -0.2) is 50.0 Å². The van der Waals surface area contributed by atoms with Crippen molar-refractivity contribution >= 4 is 15.9 Å². The molecule has 110 valence electrons. The number of carbonyl (C=O) groups is 1. The van der Waals surface area contributed by atoms with Gasteiger partial charge in [-0.25, -0.2) is 13.2 Å². The second-order valence-electron chi connectivity index (χ2n) is 6.04. The van der Waals surface area contributed by atoms with E-state index in [4.69, 9.17) is 0 Å². The largest absolute Gasteiger partial charge is 0.335 e. The van der Waals surface area contributed by atoms with E-state index >= 15 is 0 Å². The average Bonchev–Trinajstić information content (AvgIpc) is 2.73. The maximum absolute atomic E-state index is 12.3. The molecular formula is C13H24N2O3S. The molecule has 1 heterocycles. The highest BCUT2D eigenvalue weighted by atomic mass is 32.2. The number of sulfone groups is 1. The third-order valence-electron chi connectivity index (χ3n) is 4.18. The van der Waals surface area contributed by atoms with Crippen LogP contribution in [0.25, 0.3) is 0 Å². The van der Waals surface area contributed by atoms with Gasteiger partial charge in [-0.05, 0) is 38.5 Å². The van der Waals surface area contributed by atoms with Crippen molar-refractivity contribution in [2.75, 3.05) is 18.6 Å². The molecule has 0 bridgehead atoms. The summed E-state index contributed by atoms with van der Waals surface area (Å²) in [6, 6.07) is -0.0452. The van der Waals surface area contributed by atoms with Crippen LogP contribution in [0.1, 0.15) is 39.0 Å². The molecule has 0 aromatic carbocycles. The topological polar surface area (TPSA) is 66.5 Å². The molecule has 0 radical (unpaired) electrons. The number of hydrogen-bond donors (Lipinski definition) is 1. The number of rotatable bonds is 3. The standard InChI is InChI=1S/C13H24N2O3S/c1-10(9-19(2,17)18)14-13(16)15-8-4-6-11-5-3-7-12(11)15/h10-12H,3-9H2,1-2H3,(H,14,16)/t10-,11-,12+/m1/s1. The van der Waals surface area contributed by atoms with Crippen molar-refractivity contribution in [3.8, 4) is 0 Å². The fourth-order valence-corrected chi connectivity index (χ4v) is 4.49. The Bertz CT molecular complexity index is 435. The highest BCUT2D eigenvalue weighted by molar-refractivity contribution is 7.90. The highest BCUT2D eigenvalue weighted by Crippen LogP contribution is 2.36. The first kappa shape index (κ1) is 14.6. The van der Waals surface area contributed by atoms with E-state index in [1.54, 1.807) is 6.92 Å². The zero-order valence-corrected chi connectivity index (χ0v) is 12.6. The number of likely N-dealkylation sites (tertiary alicyclic amines) is 1. The van der Waals surface area contributed by atoms with Crippen LogP contribution in [0, 0.1) is 5.92 Å². The Morgan fingerprint density at radius 1 is 1.32 bits per heavy atom. The molecule has 1 saturated heterocycles. The van der Waals surface area contributed by atoms with Gasteiger partial charge in [0.05, 0.1) is 5.75 Å². The maximum atomic E-state index is 12.3. The third kappa shape index (κ3) is 3.84. The monoisotopic (exact) mass is 288 g/mol. The van der Waals surface area contributed by atoms with Gasteiger partial charge in [-0.2, -0.15) is 0 Å². The van der Waals surface area contributed by atoms with E-state index in [0.717, 1.165) is 19.4 Å². The van der Waals surface area contributed by atoms with Crippen LogP contribution in [-0.2, 0) is 9.84 Å². The van der Waals surface area contributed by atoms with Gasteiger partial charge in [0.1, 0.15) is 9.84 Å². The second kappa shape index (κ2) is 5.69. The van der Waals surface area contributed by atoms with Gasteiger partial charge < -0.3 is 10.2 Å². The van der Waals surface area contributed by atoms with Gasteiger partial charge in [-0.15, -0.1) is 0 Å². The van der Waals surface area contributed by atoms with Crippen molar-refractivity contribution in [2.45, 2.75) is 51.1 Å². The van der Waals surface area contributed by atoms with Crippen LogP contribution in [0.5, 0.6) is 0 Å². The average molecular weight is 288 g/mol. The van der Waals surface area contributed by atoms with E-state index in [1.165, 1.54) is 25.5 Å². The number of nitrogens with one attached hydrogen (secondary N) is 1. The molecule has 1 N–H and O–H groups in total. The highest BCUT2D eigenvalue weighted by Gasteiger charge is 2.37. The van der Waals surface area contributed by atoms with Crippen LogP contribution in [0.15, 0.2) is 0 Å². The summed E-state index contributed by atoms with van der Waals surface area (Å²) >= 11 is 0. The van der Waals surface area contributed by atoms with E-state index in [0.29, 0.717) is 12.0 Å². The van der Waals surface area contributed by atoms with Crippen molar-refractivity contribution in [2.24, 2.45) is 5.92 Å².